The topological polar surface area (TPSA) is 94.1 Å². The van der Waals surface area contributed by atoms with Crippen molar-refractivity contribution in [3.05, 3.63) is 97.0 Å². The van der Waals surface area contributed by atoms with Crippen molar-refractivity contribution in [1.29, 1.82) is 0 Å². The number of nitrogens with one attached hydrogen (secondary N) is 1. The van der Waals surface area contributed by atoms with E-state index in [0.717, 1.165) is 39.7 Å². The summed E-state index contributed by atoms with van der Waals surface area (Å²) in [5.74, 6) is -1.84. The molecule has 5 aromatic rings. The Kier molecular flexibility index (Phi) is 6.03. The molecule has 0 aliphatic heterocycles. The summed E-state index contributed by atoms with van der Waals surface area (Å²) in [7, 11) is -2.97. The van der Waals surface area contributed by atoms with E-state index in [4.69, 9.17) is 4.74 Å². The van der Waals surface area contributed by atoms with Crippen molar-refractivity contribution in [3.63, 3.8) is 0 Å². The first-order valence-electron chi connectivity index (χ1n) is 10.7. The lowest BCUT2D eigenvalue weighted by Gasteiger charge is -2.15. The molecule has 10 heteroatoms. The fourth-order valence-electron chi connectivity index (χ4n) is 3.89. The van der Waals surface area contributed by atoms with Gasteiger partial charge < -0.3 is 4.74 Å². The molecule has 0 amide bonds. The van der Waals surface area contributed by atoms with Crippen molar-refractivity contribution in [2.45, 2.75) is 4.90 Å². The van der Waals surface area contributed by atoms with Crippen LogP contribution in [0.5, 0.6) is 5.75 Å². The van der Waals surface area contributed by atoms with E-state index in [-0.39, 0.29) is 11.4 Å². The number of nitrogens with zero attached hydrogens (tertiary/aromatic N) is 3. The lowest BCUT2D eigenvalue weighted by Crippen LogP contribution is -2.15. The number of hydrogen-bond donors (Lipinski definition) is 1. The quantitative estimate of drug-likeness (QED) is 0.331. The fraction of sp³-hybridized carbons (Fsp3) is 0.0385. The summed E-state index contributed by atoms with van der Waals surface area (Å²) in [5, 5.41) is 8.65. The molecule has 1 N–H and O–H groups in total. The van der Waals surface area contributed by atoms with E-state index in [2.05, 4.69) is 19.9 Å². The number of anilines is 1. The summed E-state index contributed by atoms with van der Waals surface area (Å²) in [6.45, 7) is 0. The van der Waals surface area contributed by atoms with Crippen LogP contribution in [0.1, 0.15) is 0 Å². The van der Waals surface area contributed by atoms with E-state index >= 15 is 0 Å². The molecule has 3 aromatic carbocycles. The zero-order valence-corrected chi connectivity index (χ0v) is 19.6. The lowest BCUT2D eigenvalue weighted by molar-refractivity contribution is 0.417. The van der Waals surface area contributed by atoms with Crippen molar-refractivity contribution >= 4 is 26.6 Å². The molecule has 0 atom stereocenters. The normalized spacial score (nSPS) is 11.4. The van der Waals surface area contributed by atoms with Gasteiger partial charge in [-0.1, -0.05) is 12.1 Å². The summed E-state index contributed by atoms with van der Waals surface area (Å²) in [4.78, 5) is 3.76. The molecule has 180 valence electrons. The van der Waals surface area contributed by atoms with E-state index in [0.29, 0.717) is 11.6 Å². The number of aromatic nitrogens is 3. The summed E-state index contributed by atoms with van der Waals surface area (Å²) in [6.07, 6.45) is 4.99. The molecule has 0 bridgehead atoms. The molecule has 0 aliphatic carbocycles. The highest BCUT2D eigenvalue weighted by Gasteiger charge is 2.22. The minimum Gasteiger partial charge on any atom is -0.495 e. The Morgan fingerprint density at radius 1 is 0.833 bits per heavy atom. The van der Waals surface area contributed by atoms with E-state index in [1.807, 2.05) is 30.3 Å². The van der Waals surface area contributed by atoms with Gasteiger partial charge in [0.15, 0.2) is 0 Å². The number of halogens is 2. The Morgan fingerprint density at radius 3 is 2.39 bits per heavy atom. The van der Waals surface area contributed by atoms with Crippen molar-refractivity contribution in [2.24, 2.45) is 0 Å². The van der Waals surface area contributed by atoms with E-state index in [1.165, 1.54) is 7.11 Å². The largest absolute Gasteiger partial charge is 0.495 e. The van der Waals surface area contributed by atoms with Gasteiger partial charge in [0.25, 0.3) is 10.0 Å². The summed E-state index contributed by atoms with van der Waals surface area (Å²) in [6, 6.07) is 16.6. The summed E-state index contributed by atoms with van der Waals surface area (Å²) < 4.78 is 60.9. The number of rotatable bonds is 6. The number of pyridine rings is 1. The van der Waals surface area contributed by atoms with Gasteiger partial charge in [0.1, 0.15) is 22.3 Å². The van der Waals surface area contributed by atoms with Gasteiger partial charge in [-0.05, 0) is 65.2 Å². The second-order valence-corrected chi connectivity index (χ2v) is 9.47. The summed E-state index contributed by atoms with van der Waals surface area (Å²) in [5.41, 5.74) is 4.13. The second-order valence-electron chi connectivity index (χ2n) is 7.82. The molecule has 0 saturated carbocycles. The van der Waals surface area contributed by atoms with Crippen LogP contribution in [-0.2, 0) is 10.0 Å². The van der Waals surface area contributed by atoms with E-state index in [1.54, 1.807) is 36.8 Å². The number of ether oxygens (including phenoxy) is 1. The highest BCUT2D eigenvalue weighted by Crippen LogP contribution is 2.35. The first-order valence-corrected chi connectivity index (χ1v) is 12.2. The number of fused-ring (bicyclic) bond motifs is 1. The number of benzene rings is 3. The van der Waals surface area contributed by atoms with E-state index < -0.39 is 26.6 Å². The first kappa shape index (κ1) is 23.3. The van der Waals surface area contributed by atoms with Crippen LogP contribution < -0.4 is 9.46 Å². The Morgan fingerprint density at radius 2 is 1.64 bits per heavy atom. The standard InChI is InChI=1S/C26H18F2N4O3S/c1-35-25-6-3-17(13-24(25)32-36(33,34)26-7-4-19(27)14-22(26)28)16-2-5-23-21(12-16)20(9-10-29-23)18-8-11-30-31-15-18/h2-15,32H,1H3. The highest BCUT2D eigenvalue weighted by molar-refractivity contribution is 7.92. The zero-order chi connectivity index (χ0) is 25.3. The van der Waals surface area contributed by atoms with Crippen molar-refractivity contribution in [3.8, 4) is 28.0 Å². The molecular weight excluding hydrogens is 486 g/mol. The molecular formula is C26H18F2N4O3S. The smallest absolute Gasteiger partial charge is 0.264 e. The Hall–Kier alpha value is -4.44. The van der Waals surface area contributed by atoms with Gasteiger partial charge in [-0.25, -0.2) is 17.2 Å². The van der Waals surface area contributed by atoms with Gasteiger partial charge in [-0.15, -0.1) is 0 Å². The van der Waals surface area contributed by atoms with Crippen molar-refractivity contribution in [2.75, 3.05) is 11.8 Å². The Bertz CT molecular complexity index is 1700. The Labute approximate surface area is 205 Å². The van der Waals surface area contributed by atoms with Gasteiger partial charge in [-0.3, -0.25) is 9.71 Å². The van der Waals surface area contributed by atoms with Gasteiger partial charge in [0.2, 0.25) is 0 Å². The maximum absolute atomic E-state index is 14.2. The SMILES string of the molecule is COc1ccc(-c2ccc3nccc(-c4ccnnc4)c3c2)cc1NS(=O)(=O)c1ccc(F)cc1F. The molecule has 5 rings (SSSR count). The lowest BCUT2D eigenvalue weighted by atomic mass is 9.98. The van der Waals surface area contributed by atoms with Crippen LogP contribution in [0.4, 0.5) is 14.5 Å². The molecule has 36 heavy (non-hydrogen) atoms. The van der Waals surface area contributed by atoms with Crippen molar-refractivity contribution in [1.82, 2.24) is 15.2 Å². The molecule has 0 saturated heterocycles. The third-order valence-electron chi connectivity index (χ3n) is 5.60. The van der Waals surface area contributed by atoms with Crippen LogP contribution >= 0.6 is 0 Å². The van der Waals surface area contributed by atoms with Gasteiger partial charge in [0, 0.05) is 23.2 Å². The average Bonchev–Trinajstić information content (AvgIpc) is 2.88. The second kappa shape index (κ2) is 9.31. The van der Waals surface area contributed by atoms with Crippen LogP contribution in [0.3, 0.4) is 0 Å². The van der Waals surface area contributed by atoms with Crippen LogP contribution in [-0.4, -0.2) is 30.7 Å². The minimum absolute atomic E-state index is 0.101. The number of sulfonamides is 1. The number of methoxy groups -OCH3 is 1. The van der Waals surface area contributed by atoms with Crippen LogP contribution in [0.15, 0.2) is 90.2 Å². The highest BCUT2D eigenvalue weighted by atomic mass is 32.2. The molecule has 0 aliphatic rings. The molecule has 2 heterocycles. The van der Waals surface area contributed by atoms with Gasteiger partial charge in [-0.2, -0.15) is 10.2 Å². The van der Waals surface area contributed by atoms with E-state index in [9.17, 15) is 17.2 Å². The monoisotopic (exact) mass is 504 g/mol. The van der Waals surface area contributed by atoms with Crippen LogP contribution in [0, 0.1) is 11.6 Å². The first-order chi connectivity index (χ1) is 17.4. The third-order valence-corrected chi connectivity index (χ3v) is 7.00. The minimum atomic E-state index is -4.36. The van der Waals surface area contributed by atoms with Gasteiger partial charge >= 0.3 is 0 Å². The maximum atomic E-state index is 14.2. The summed E-state index contributed by atoms with van der Waals surface area (Å²) >= 11 is 0. The molecule has 2 aromatic heterocycles. The number of hydrogen-bond acceptors (Lipinski definition) is 6. The predicted molar refractivity (Wildman–Crippen MR) is 132 cm³/mol. The maximum Gasteiger partial charge on any atom is 0.264 e. The molecule has 0 radical (unpaired) electrons. The van der Waals surface area contributed by atoms with Crippen molar-refractivity contribution < 1.29 is 21.9 Å². The van der Waals surface area contributed by atoms with Gasteiger partial charge in [0.05, 0.1) is 30.7 Å². The molecule has 0 spiro atoms. The molecule has 0 fully saturated rings. The fourth-order valence-corrected chi connectivity index (χ4v) is 5.01. The molecule has 0 unspecified atom stereocenters. The Balaban J connectivity index is 1.58. The van der Waals surface area contributed by atoms with Crippen LogP contribution in [0.2, 0.25) is 0 Å². The zero-order valence-electron chi connectivity index (χ0n) is 18.8. The van der Waals surface area contributed by atoms with Crippen LogP contribution in [0.25, 0.3) is 33.2 Å². The predicted octanol–water partition coefficient (Wildman–Crippen LogP) is 5.45. The average molecular weight is 505 g/mol. The molecule has 7 nitrogen and oxygen atoms in total. The third kappa shape index (κ3) is 4.46.